The molecule has 4 rings (SSSR count). The van der Waals surface area contributed by atoms with Crippen LogP contribution in [0.1, 0.15) is 17.5 Å². The zero-order valence-electron chi connectivity index (χ0n) is 10.0. The number of halogens is 1. The van der Waals surface area contributed by atoms with Gasteiger partial charge in [0.15, 0.2) is 0 Å². The lowest BCUT2D eigenvalue weighted by atomic mass is 9.86. The molecular formula is C17H13Br. The molecule has 0 amide bonds. The Hall–Kier alpha value is -1.34. The predicted octanol–water partition coefficient (Wildman–Crippen LogP) is 5.24. The van der Waals surface area contributed by atoms with Crippen LogP contribution in [0.5, 0.6) is 0 Å². The second kappa shape index (κ2) is 3.83. The highest BCUT2D eigenvalue weighted by Gasteiger charge is 2.17. The number of aryl methyl sites for hydroxylation is 2. The summed E-state index contributed by atoms with van der Waals surface area (Å²) in [7, 11) is 0. The van der Waals surface area contributed by atoms with Gasteiger partial charge in [-0.1, -0.05) is 42.5 Å². The first-order valence-corrected chi connectivity index (χ1v) is 7.26. The molecule has 3 aromatic rings. The topological polar surface area (TPSA) is 0 Å². The van der Waals surface area contributed by atoms with Gasteiger partial charge < -0.3 is 0 Å². The van der Waals surface area contributed by atoms with Crippen LogP contribution in [0.4, 0.5) is 0 Å². The molecule has 0 atom stereocenters. The Morgan fingerprint density at radius 1 is 0.778 bits per heavy atom. The highest BCUT2D eigenvalue weighted by Crippen LogP contribution is 2.40. The van der Waals surface area contributed by atoms with Gasteiger partial charge >= 0.3 is 0 Å². The first-order chi connectivity index (χ1) is 8.86. The largest absolute Gasteiger partial charge is 0.0616 e. The van der Waals surface area contributed by atoms with E-state index in [2.05, 4.69) is 58.4 Å². The lowest BCUT2D eigenvalue weighted by Crippen LogP contribution is -2.02. The normalized spacial score (nSPS) is 14.3. The van der Waals surface area contributed by atoms with Crippen LogP contribution >= 0.6 is 15.9 Å². The van der Waals surface area contributed by atoms with E-state index in [1.165, 1.54) is 56.4 Å². The molecule has 1 aliphatic carbocycles. The van der Waals surface area contributed by atoms with Crippen LogP contribution in [0.3, 0.4) is 0 Å². The molecule has 1 heteroatoms. The van der Waals surface area contributed by atoms with Gasteiger partial charge in [0, 0.05) is 4.47 Å². The van der Waals surface area contributed by atoms with Gasteiger partial charge in [0.1, 0.15) is 0 Å². The van der Waals surface area contributed by atoms with E-state index < -0.39 is 0 Å². The monoisotopic (exact) mass is 296 g/mol. The fraction of sp³-hybridized carbons (Fsp3) is 0.176. The Balaban J connectivity index is 2.35. The van der Waals surface area contributed by atoms with Gasteiger partial charge in [-0.2, -0.15) is 0 Å². The van der Waals surface area contributed by atoms with Gasteiger partial charge in [0.05, 0.1) is 0 Å². The third kappa shape index (κ3) is 1.31. The maximum Gasteiger partial charge on any atom is 0.0292 e. The van der Waals surface area contributed by atoms with Gasteiger partial charge in [-0.15, -0.1) is 0 Å². The van der Waals surface area contributed by atoms with Crippen molar-refractivity contribution in [1.82, 2.24) is 0 Å². The second-order valence-corrected chi connectivity index (χ2v) is 5.82. The minimum atomic E-state index is 1.19. The summed E-state index contributed by atoms with van der Waals surface area (Å²) in [5.41, 5.74) is 3.02. The molecule has 0 fully saturated rings. The number of hydrogen-bond acceptors (Lipinski definition) is 0. The van der Waals surface area contributed by atoms with E-state index in [0.29, 0.717) is 0 Å². The van der Waals surface area contributed by atoms with E-state index in [1.807, 2.05) is 0 Å². The van der Waals surface area contributed by atoms with E-state index in [-0.39, 0.29) is 0 Å². The van der Waals surface area contributed by atoms with Crippen LogP contribution < -0.4 is 0 Å². The Morgan fingerprint density at radius 3 is 2.44 bits per heavy atom. The highest BCUT2D eigenvalue weighted by atomic mass is 79.9. The van der Waals surface area contributed by atoms with Crippen molar-refractivity contribution in [3.63, 3.8) is 0 Å². The minimum Gasteiger partial charge on any atom is -0.0616 e. The van der Waals surface area contributed by atoms with Crippen molar-refractivity contribution in [3.8, 4) is 0 Å². The summed E-state index contributed by atoms with van der Waals surface area (Å²) in [6.45, 7) is 0. The van der Waals surface area contributed by atoms with Crippen LogP contribution in [0.15, 0.2) is 46.9 Å². The Bertz CT molecular complexity index is 771. The summed E-state index contributed by atoms with van der Waals surface area (Å²) >= 11 is 3.83. The lowest BCUT2D eigenvalue weighted by Gasteiger charge is -2.20. The summed E-state index contributed by atoms with van der Waals surface area (Å²) in [6, 6.07) is 15.5. The fourth-order valence-electron chi connectivity index (χ4n) is 3.26. The van der Waals surface area contributed by atoms with Gasteiger partial charge in [-0.3, -0.25) is 0 Å². The average molecular weight is 297 g/mol. The van der Waals surface area contributed by atoms with Gasteiger partial charge in [0.25, 0.3) is 0 Å². The number of fused-ring (bicyclic) bond motifs is 2. The molecule has 0 unspecified atom stereocenters. The number of benzene rings is 3. The Labute approximate surface area is 115 Å². The number of hydrogen-bond donors (Lipinski definition) is 0. The summed E-state index contributed by atoms with van der Waals surface area (Å²) in [5, 5.41) is 5.63. The molecule has 3 aromatic carbocycles. The van der Waals surface area contributed by atoms with Crippen LogP contribution in [-0.4, -0.2) is 0 Å². The zero-order chi connectivity index (χ0) is 12.1. The average Bonchev–Trinajstić information content (AvgIpc) is 2.44. The molecule has 0 nitrogen and oxygen atoms in total. The molecule has 0 radical (unpaired) electrons. The Morgan fingerprint density at radius 2 is 1.56 bits per heavy atom. The Kier molecular flexibility index (Phi) is 2.25. The van der Waals surface area contributed by atoms with E-state index in [9.17, 15) is 0 Å². The smallest absolute Gasteiger partial charge is 0.0292 e. The van der Waals surface area contributed by atoms with Crippen molar-refractivity contribution >= 4 is 37.5 Å². The summed E-state index contributed by atoms with van der Waals surface area (Å²) in [4.78, 5) is 0. The van der Waals surface area contributed by atoms with Crippen LogP contribution in [0.25, 0.3) is 21.5 Å². The van der Waals surface area contributed by atoms with E-state index in [1.54, 1.807) is 0 Å². The molecule has 0 saturated carbocycles. The van der Waals surface area contributed by atoms with Crippen molar-refractivity contribution < 1.29 is 0 Å². The van der Waals surface area contributed by atoms with Crippen molar-refractivity contribution in [2.24, 2.45) is 0 Å². The standard InChI is InChI=1S/C17H13Br/c18-17-14-8-2-1-7-12(14)13-9-3-5-11-6-4-10-15(17)16(11)13/h1-3,5,7-9H,4,6,10H2. The van der Waals surface area contributed by atoms with Crippen LogP contribution in [-0.2, 0) is 12.8 Å². The molecule has 1 aliphatic rings. The van der Waals surface area contributed by atoms with Crippen molar-refractivity contribution in [1.29, 1.82) is 0 Å². The third-order valence-electron chi connectivity index (χ3n) is 4.04. The maximum atomic E-state index is 3.83. The SMILES string of the molecule is Brc1c2c3c(cccc3c3ccccc13)CCC2. The van der Waals surface area contributed by atoms with E-state index in [0.717, 1.165) is 0 Å². The summed E-state index contributed by atoms with van der Waals surface area (Å²) < 4.78 is 1.30. The van der Waals surface area contributed by atoms with Crippen LogP contribution in [0, 0.1) is 0 Å². The first kappa shape index (κ1) is 10.6. The first-order valence-electron chi connectivity index (χ1n) is 6.47. The molecule has 0 aromatic heterocycles. The van der Waals surface area contributed by atoms with Crippen molar-refractivity contribution in [2.45, 2.75) is 19.3 Å². The molecule has 88 valence electrons. The van der Waals surface area contributed by atoms with Crippen molar-refractivity contribution in [3.05, 3.63) is 58.1 Å². The van der Waals surface area contributed by atoms with Crippen molar-refractivity contribution in [2.75, 3.05) is 0 Å². The molecule has 0 aliphatic heterocycles. The summed E-state index contributed by atoms with van der Waals surface area (Å²) in [6.07, 6.45) is 3.68. The van der Waals surface area contributed by atoms with E-state index >= 15 is 0 Å². The number of rotatable bonds is 0. The van der Waals surface area contributed by atoms with Gasteiger partial charge in [0.2, 0.25) is 0 Å². The zero-order valence-corrected chi connectivity index (χ0v) is 11.6. The minimum absolute atomic E-state index is 1.19. The molecule has 0 N–H and O–H groups in total. The molecule has 0 spiro atoms. The van der Waals surface area contributed by atoms with Crippen LogP contribution in [0.2, 0.25) is 0 Å². The molecular weight excluding hydrogens is 284 g/mol. The van der Waals surface area contributed by atoms with E-state index in [4.69, 9.17) is 0 Å². The van der Waals surface area contributed by atoms with Gasteiger partial charge in [-0.25, -0.2) is 0 Å². The fourth-order valence-corrected chi connectivity index (χ4v) is 4.00. The van der Waals surface area contributed by atoms with Gasteiger partial charge in [-0.05, 0) is 67.9 Å². The molecule has 0 heterocycles. The maximum absolute atomic E-state index is 3.83. The molecule has 0 saturated heterocycles. The highest BCUT2D eigenvalue weighted by molar-refractivity contribution is 9.10. The quantitative estimate of drug-likeness (QED) is 0.497. The lowest BCUT2D eigenvalue weighted by molar-refractivity contribution is 0.806. The third-order valence-corrected chi connectivity index (χ3v) is 4.95. The second-order valence-electron chi connectivity index (χ2n) is 5.03. The molecule has 0 bridgehead atoms. The summed E-state index contributed by atoms with van der Waals surface area (Å²) in [5.74, 6) is 0. The predicted molar refractivity (Wildman–Crippen MR) is 81.2 cm³/mol. The molecule has 18 heavy (non-hydrogen) atoms.